The number of rotatable bonds is 4. The van der Waals surface area contributed by atoms with Gasteiger partial charge in [0.2, 0.25) is 0 Å². The number of hydrogen-bond acceptors (Lipinski definition) is 4. The van der Waals surface area contributed by atoms with Gasteiger partial charge in [0.05, 0.1) is 17.8 Å². The van der Waals surface area contributed by atoms with Crippen LogP contribution in [0.15, 0.2) is 0 Å². The summed E-state index contributed by atoms with van der Waals surface area (Å²) in [5.74, 6) is 0. The lowest BCUT2D eigenvalue weighted by Crippen LogP contribution is -2.50. The summed E-state index contributed by atoms with van der Waals surface area (Å²) in [6.07, 6.45) is 3.97. The molecule has 0 spiro atoms. The first-order chi connectivity index (χ1) is 7.50. The van der Waals surface area contributed by atoms with Gasteiger partial charge in [-0.3, -0.25) is 4.90 Å². The van der Waals surface area contributed by atoms with E-state index in [0.717, 1.165) is 19.5 Å². The van der Waals surface area contributed by atoms with Crippen LogP contribution in [-0.2, 0) is 4.74 Å². The van der Waals surface area contributed by atoms with Crippen molar-refractivity contribution in [1.29, 1.82) is 0 Å². The first-order valence-electron chi connectivity index (χ1n) is 6.32. The lowest BCUT2D eigenvalue weighted by Gasteiger charge is -2.38. The highest BCUT2D eigenvalue weighted by Crippen LogP contribution is 2.28. The molecule has 4 nitrogen and oxygen atoms in total. The van der Waals surface area contributed by atoms with Gasteiger partial charge in [0.15, 0.2) is 0 Å². The van der Waals surface area contributed by atoms with Gasteiger partial charge in [-0.25, -0.2) is 0 Å². The van der Waals surface area contributed by atoms with Gasteiger partial charge in [-0.15, -0.1) is 0 Å². The van der Waals surface area contributed by atoms with Crippen molar-refractivity contribution in [1.82, 2.24) is 4.90 Å². The van der Waals surface area contributed by atoms with Crippen molar-refractivity contribution >= 4 is 0 Å². The van der Waals surface area contributed by atoms with Crippen LogP contribution in [0.25, 0.3) is 0 Å². The van der Waals surface area contributed by atoms with Gasteiger partial charge >= 0.3 is 0 Å². The van der Waals surface area contributed by atoms with Crippen LogP contribution < -0.4 is 5.73 Å². The number of nitrogens with zero attached hydrogens (tertiary/aromatic N) is 1. The van der Waals surface area contributed by atoms with E-state index in [1.165, 1.54) is 12.8 Å². The number of fused-ring (bicyclic) bond motifs is 2. The molecule has 0 aliphatic carbocycles. The molecule has 0 amide bonds. The molecule has 0 radical (unpaired) electrons. The summed E-state index contributed by atoms with van der Waals surface area (Å²) in [7, 11) is 0. The minimum Gasteiger partial charge on any atom is -0.389 e. The summed E-state index contributed by atoms with van der Waals surface area (Å²) in [5, 5.41) is 9.99. The van der Waals surface area contributed by atoms with Crippen LogP contribution in [-0.4, -0.2) is 53.5 Å². The molecule has 0 saturated carbocycles. The van der Waals surface area contributed by atoms with Crippen molar-refractivity contribution in [3.8, 4) is 0 Å². The van der Waals surface area contributed by atoms with Crippen LogP contribution in [0.2, 0.25) is 0 Å². The van der Waals surface area contributed by atoms with E-state index in [0.29, 0.717) is 24.8 Å². The number of morpholine rings is 1. The maximum absolute atomic E-state index is 9.99. The Labute approximate surface area is 97.7 Å². The van der Waals surface area contributed by atoms with Crippen molar-refractivity contribution in [3.05, 3.63) is 0 Å². The fourth-order valence-corrected chi connectivity index (χ4v) is 2.86. The van der Waals surface area contributed by atoms with E-state index in [4.69, 9.17) is 10.5 Å². The highest BCUT2D eigenvalue weighted by atomic mass is 16.5. The smallest absolute Gasteiger partial charge is 0.0756 e. The van der Waals surface area contributed by atoms with Crippen LogP contribution in [0, 0.1) is 0 Å². The third-order valence-corrected chi connectivity index (χ3v) is 3.87. The van der Waals surface area contributed by atoms with E-state index >= 15 is 0 Å². The van der Waals surface area contributed by atoms with Crippen molar-refractivity contribution in [2.24, 2.45) is 5.73 Å². The molecule has 2 heterocycles. The molecule has 2 bridgehead atoms. The standard InChI is InChI=1S/C12H24N2O2/c1-9(5-12(2,15)8-13)14-6-10-3-4-11(7-14)16-10/h9-11,15H,3-8,13H2,1-2H3. The fourth-order valence-electron chi connectivity index (χ4n) is 2.86. The normalized spacial score (nSPS) is 36.0. The molecular weight excluding hydrogens is 204 g/mol. The highest BCUT2D eigenvalue weighted by molar-refractivity contribution is 4.89. The Morgan fingerprint density at radius 3 is 2.50 bits per heavy atom. The summed E-state index contributed by atoms with van der Waals surface area (Å²) in [6.45, 7) is 6.35. The van der Waals surface area contributed by atoms with Gasteiger partial charge < -0.3 is 15.6 Å². The predicted octanol–water partition coefficient (Wildman–Crippen LogP) is 0.338. The van der Waals surface area contributed by atoms with Crippen LogP contribution in [0.4, 0.5) is 0 Å². The van der Waals surface area contributed by atoms with Crippen molar-refractivity contribution < 1.29 is 9.84 Å². The van der Waals surface area contributed by atoms with E-state index in [1.54, 1.807) is 0 Å². The summed E-state index contributed by atoms with van der Waals surface area (Å²) in [5.41, 5.74) is 4.82. The Morgan fingerprint density at radius 1 is 1.44 bits per heavy atom. The average molecular weight is 228 g/mol. The number of aliphatic hydroxyl groups is 1. The minimum absolute atomic E-state index is 0.328. The molecular formula is C12H24N2O2. The molecule has 2 aliphatic heterocycles. The summed E-state index contributed by atoms with van der Waals surface area (Å²) < 4.78 is 5.81. The van der Waals surface area contributed by atoms with Crippen molar-refractivity contribution in [3.63, 3.8) is 0 Å². The summed E-state index contributed by atoms with van der Waals surface area (Å²) in [4.78, 5) is 2.44. The lowest BCUT2D eigenvalue weighted by molar-refractivity contribution is -0.0628. The Morgan fingerprint density at radius 2 is 2.00 bits per heavy atom. The van der Waals surface area contributed by atoms with Crippen LogP contribution in [0.3, 0.4) is 0 Å². The molecule has 4 unspecified atom stereocenters. The second-order valence-corrected chi connectivity index (χ2v) is 5.67. The predicted molar refractivity (Wildman–Crippen MR) is 63.2 cm³/mol. The first-order valence-corrected chi connectivity index (χ1v) is 6.32. The molecule has 16 heavy (non-hydrogen) atoms. The van der Waals surface area contributed by atoms with Crippen LogP contribution in [0.5, 0.6) is 0 Å². The van der Waals surface area contributed by atoms with E-state index in [-0.39, 0.29) is 0 Å². The second-order valence-electron chi connectivity index (χ2n) is 5.67. The third-order valence-electron chi connectivity index (χ3n) is 3.87. The van der Waals surface area contributed by atoms with Crippen LogP contribution in [0.1, 0.15) is 33.1 Å². The Balaban J connectivity index is 1.88. The van der Waals surface area contributed by atoms with E-state index < -0.39 is 5.60 Å². The fraction of sp³-hybridized carbons (Fsp3) is 1.00. The quantitative estimate of drug-likeness (QED) is 0.728. The topological polar surface area (TPSA) is 58.7 Å². The molecule has 3 N–H and O–H groups in total. The molecule has 2 saturated heterocycles. The van der Waals surface area contributed by atoms with E-state index in [2.05, 4.69) is 11.8 Å². The number of ether oxygens (including phenoxy) is 1. The molecule has 4 atom stereocenters. The lowest BCUT2D eigenvalue weighted by atomic mass is 9.96. The molecule has 2 rings (SSSR count). The maximum Gasteiger partial charge on any atom is 0.0756 e. The zero-order chi connectivity index (χ0) is 11.8. The second kappa shape index (κ2) is 4.61. The average Bonchev–Trinajstić information content (AvgIpc) is 2.57. The zero-order valence-electron chi connectivity index (χ0n) is 10.4. The maximum atomic E-state index is 9.99. The van der Waals surface area contributed by atoms with Crippen molar-refractivity contribution in [2.75, 3.05) is 19.6 Å². The molecule has 0 aromatic rings. The molecule has 2 fully saturated rings. The van der Waals surface area contributed by atoms with E-state index in [1.807, 2.05) is 6.92 Å². The summed E-state index contributed by atoms with van der Waals surface area (Å²) in [6, 6.07) is 0.380. The van der Waals surface area contributed by atoms with E-state index in [9.17, 15) is 5.11 Å². The number of likely N-dealkylation sites (tertiary alicyclic amines) is 1. The van der Waals surface area contributed by atoms with Gasteiger partial charge in [-0.1, -0.05) is 0 Å². The Bertz CT molecular complexity index is 233. The minimum atomic E-state index is -0.739. The van der Waals surface area contributed by atoms with Gasteiger partial charge in [0.1, 0.15) is 0 Å². The molecule has 0 aromatic carbocycles. The monoisotopic (exact) mass is 228 g/mol. The van der Waals surface area contributed by atoms with Gasteiger partial charge in [-0.2, -0.15) is 0 Å². The Kier molecular flexibility index (Phi) is 3.54. The van der Waals surface area contributed by atoms with Crippen LogP contribution >= 0.6 is 0 Å². The SMILES string of the molecule is CC(CC(C)(O)CN)N1CC2CCC(C1)O2. The molecule has 94 valence electrons. The van der Waals surface area contributed by atoms with Gasteiger partial charge in [0.25, 0.3) is 0 Å². The molecule has 2 aliphatic rings. The zero-order valence-corrected chi connectivity index (χ0v) is 10.4. The highest BCUT2D eigenvalue weighted by Gasteiger charge is 2.36. The third kappa shape index (κ3) is 2.74. The Hall–Kier alpha value is -0.160. The summed E-state index contributed by atoms with van der Waals surface area (Å²) >= 11 is 0. The van der Waals surface area contributed by atoms with Crippen molar-refractivity contribution in [2.45, 2.75) is 57.0 Å². The number of hydrogen-bond donors (Lipinski definition) is 2. The van der Waals surface area contributed by atoms with Gasteiger partial charge in [-0.05, 0) is 33.1 Å². The number of nitrogens with two attached hydrogens (primary N) is 1. The first kappa shape index (κ1) is 12.3. The molecule has 0 aromatic heterocycles. The molecule has 4 heteroatoms. The van der Waals surface area contributed by atoms with Gasteiger partial charge in [0, 0.05) is 25.7 Å². The largest absolute Gasteiger partial charge is 0.389 e.